The third kappa shape index (κ3) is 2.26. The summed E-state index contributed by atoms with van der Waals surface area (Å²) < 4.78 is 13.9. The molecule has 0 saturated heterocycles. The fourth-order valence-electron chi connectivity index (χ4n) is 1.98. The van der Waals surface area contributed by atoms with E-state index in [2.05, 4.69) is 25.9 Å². The summed E-state index contributed by atoms with van der Waals surface area (Å²) in [6.45, 7) is 1.98. The van der Waals surface area contributed by atoms with E-state index in [1.807, 2.05) is 25.1 Å². The summed E-state index contributed by atoms with van der Waals surface area (Å²) in [5.41, 5.74) is 3.35. The quantitative estimate of drug-likeness (QED) is 0.657. The molecule has 0 amide bonds. The van der Waals surface area contributed by atoms with Crippen LogP contribution in [0.3, 0.4) is 0 Å². The highest BCUT2D eigenvalue weighted by atomic mass is 79.9. The summed E-state index contributed by atoms with van der Waals surface area (Å²) in [5, 5.41) is 0.647. The smallest absolute Gasteiger partial charge is 0.139 e. The molecule has 3 aromatic rings. The Morgan fingerprint density at radius 2 is 2.05 bits per heavy atom. The maximum Gasteiger partial charge on any atom is 0.139 e. The van der Waals surface area contributed by atoms with E-state index in [-0.39, 0.29) is 5.82 Å². The van der Waals surface area contributed by atoms with Gasteiger partial charge in [0.1, 0.15) is 11.6 Å². The normalized spacial score (nSPS) is 11.2. The van der Waals surface area contributed by atoms with Crippen LogP contribution >= 0.6 is 27.5 Å². The van der Waals surface area contributed by atoms with Gasteiger partial charge >= 0.3 is 0 Å². The molecule has 2 nitrogen and oxygen atoms in total. The topological polar surface area (TPSA) is 28.7 Å². The van der Waals surface area contributed by atoms with Crippen LogP contribution in [0.1, 0.15) is 5.56 Å². The maximum absolute atomic E-state index is 13.5. The summed E-state index contributed by atoms with van der Waals surface area (Å²) >= 11 is 9.16. The molecule has 0 aliphatic heterocycles. The van der Waals surface area contributed by atoms with Crippen LogP contribution in [0.15, 0.2) is 34.8 Å². The molecule has 96 valence electrons. The highest BCUT2D eigenvalue weighted by Crippen LogP contribution is 2.28. The van der Waals surface area contributed by atoms with Crippen LogP contribution in [-0.4, -0.2) is 9.97 Å². The fourth-order valence-corrected chi connectivity index (χ4v) is 2.49. The lowest BCUT2D eigenvalue weighted by Crippen LogP contribution is -1.85. The number of rotatable bonds is 1. The minimum absolute atomic E-state index is 0.314. The summed E-state index contributed by atoms with van der Waals surface area (Å²) in [6, 6.07) is 8.70. The molecule has 0 fully saturated rings. The average molecular weight is 340 g/mol. The van der Waals surface area contributed by atoms with E-state index in [1.54, 1.807) is 6.07 Å². The van der Waals surface area contributed by atoms with E-state index in [1.165, 1.54) is 6.07 Å². The van der Waals surface area contributed by atoms with E-state index in [0.29, 0.717) is 26.4 Å². The Kier molecular flexibility index (Phi) is 3.07. The largest absolute Gasteiger partial charge is 0.338 e. The fraction of sp³-hybridized carbons (Fsp3) is 0.0714. The number of aromatic amines is 1. The second-order valence-electron chi connectivity index (χ2n) is 4.33. The van der Waals surface area contributed by atoms with Crippen LogP contribution in [0, 0.1) is 12.7 Å². The standard InChI is InChI=1S/C14H9BrClFN2/c1-7-2-3-8(16)4-9(7)14-18-12-5-10(15)11(17)6-13(12)19-14/h2-6H,1H3,(H,18,19). The number of aromatic nitrogens is 2. The second-order valence-corrected chi connectivity index (χ2v) is 5.62. The molecule has 0 radical (unpaired) electrons. The first kappa shape index (κ1) is 12.6. The lowest BCUT2D eigenvalue weighted by Gasteiger charge is -2.02. The number of halogens is 3. The molecule has 2 aromatic carbocycles. The van der Waals surface area contributed by atoms with Crippen LogP contribution in [0.25, 0.3) is 22.4 Å². The molecule has 0 saturated carbocycles. The third-order valence-corrected chi connectivity index (χ3v) is 3.82. The number of hydrogen-bond donors (Lipinski definition) is 1. The number of fused-ring (bicyclic) bond motifs is 1. The Balaban J connectivity index is 2.23. The molecule has 19 heavy (non-hydrogen) atoms. The molecular formula is C14H9BrClFN2. The molecule has 5 heteroatoms. The number of H-pyrrole nitrogens is 1. The number of nitrogens with zero attached hydrogens (tertiary/aromatic N) is 1. The van der Waals surface area contributed by atoms with Gasteiger partial charge in [0.25, 0.3) is 0 Å². The molecular weight excluding hydrogens is 331 g/mol. The Morgan fingerprint density at radius 1 is 1.26 bits per heavy atom. The van der Waals surface area contributed by atoms with Gasteiger partial charge in [0, 0.05) is 16.7 Å². The molecule has 0 spiro atoms. The first-order chi connectivity index (χ1) is 9.04. The van der Waals surface area contributed by atoms with Gasteiger partial charge in [-0.1, -0.05) is 17.7 Å². The van der Waals surface area contributed by atoms with Gasteiger partial charge in [0.15, 0.2) is 0 Å². The molecule has 0 aliphatic rings. The van der Waals surface area contributed by atoms with Gasteiger partial charge in [-0.2, -0.15) is 0 Å². The van der Waals surface area contributed by atoms with Crippen molar-refractivity contribution in [2.24, 2.45) is 0 Å². The van der Waals surface area contributed by atoms with E-state index >= 15 is 0 Å². The van der Waals surface area contributed by atoms with Crippen molar-refractivity contribution in [1.29, 1.82) is 0 Å². The van der Waals surface area contributed by atoms with Crippen molar-refractivity contribution in [3.63, 3.8) is 0 Å². The average Bonchev–Trinajstić information content (AvgIpc) is 2.75. The second kappa shape index (κ2) is 4.62. The number of hydrogen-bond acceptors (Lipinski definition) is 1. The SMILES string of the molecule is Cc1ccc(Cl)cc1-c1nc2cc(Br)c(F)cc2[nH]1. The molecule has 0 unspecified atom stereocenters. The van der Waals surface area contributed by atoms with Gasteiger partial charge in [0.2, 0.25) is 0 Å². The Labute approximate surface area is 122 Å². The number of aryl methyl sites for hydroxylation is 1. The lowest BCUT2D eigenvalue weighted by molar-refractivity contribution is 0.623. The molecule has 0 atom stereocenters. The first-order valence-corrected chi connectivity index (χ1v) is 6.83. The summed E-state index contributed by atoms with van der Waals surface area (Å²) in [4.78, 5) is 7.59. The number of imidazole rings is 1. The van der Waals surface area contributed by atoms with Gasteiger partial charge in [-0.15, -0.1) is 0 Å². The minimum atomic E-state index is -0.314. The zero-order valence-electron chi connectivity index (χ0n) is 9.97. The van der Waals surface area contributed by atoms with Crippen molar-refractivity contribution < 1.29 is 4.39 Å². The maximum atomic E-state index is 13.5. The van der Waals surface area contributed by atoms with Crippen LogP contribution in [0.5, 0.6) is 0 Å². The van der Waals surface area contributed by atoms with E-state index in [0.717, 1.165) is 11.1 Å². The number of benzene rings is 2. The molecule has 3 rings (SSSR count). The highest BCUT2D eigenvalue weighted by molar-refractivity contribution is 9.10. The Morgan fingerprint density at radius 3 is 2.84 bits per heavy atom. The van der Waals surface area contributed by atoms with Crippen LogP contribution in [-0.2, 0) is 0 Å². The van der Waals surface area contributed by atoms with Crippen LogP contribution in [0.2, 0.25) is 5.02 Å². The lowest BCUT2D eigenvalue weighted by atomic mass is 10.1. The van der Waals surface area contributed by atoms with Gasteiger partial charge < -0.3 is 4.98 Å². The Hall–Kier alpha value is -1.39. The zero-order chi connectivity index (χ0) is 13.6. The third-order valence-electron chi connectivity index (χ3n) is 2.98. The molecule has 0 aliphatic carbocycles. The van der Waals surface area contributed by atoms with Crippen molar-refractivity contribution in [2.45, 2.75) is 6.92 Å². The van der Waals surface area contributed by atoms with Gasteiger partial charge in [0.05, 0.1) is 15.5 Å². The first-order valence-electron chi connectivity index (χ1n) is 5.66. The van der Waals surface area contributed by atoms with Crippen LogP contribution in [0.4, 0.5) is 4.39 Å². The minimum Gasteiger partial charge on any atom is -0.338 e. The van der Waals surface area contributed by atoms with Gasteiger partial charge in [-0.05, 0) is 46.6 Å². The highest BCUT2D eigenvalue weighted by Gasteiger charge is 2.10. The molecule has 1 N–H and O–H groups in total. The van der Waals surface area contributed by atoms with Crippen molar-refractivity contribution >= 4 is 38.6 Å². The molecule has 1 heterocycles. The van der Waals surface area contributed by atoms with E-state index in [9.17, 15) is 4.39 Å². The van der Waals surface area contributed by atoms with Crippen molar-refractivity contribution in [3.05, 3.63) is 51.2 Å². The summed E-state index contributed by atoms with van der Waals surface area (Å²) in [6.07, 6.45) is 0. The van der Waals surface area contributed by atoms with Crippen LogP contribution < -0.4 is 0 Å². The summed E-state index contributed by atoms with van der Waals surface area (Å²) in [5.74, 6) is 0.373. The predicted octanol–water partition coefficient (Wildman–Crippen LogP) is 5.09. The van der Waals surface area contributed by atoms with E-state index < -0.39 is 0 Å². The molecule has 0 bridgehead atoms. The Bertz CT molecular complexity index is 743. The zero-order valence-corrected chi connectivity index (χ0v) is 12.3. The number of nitrogens with one attached hydrogen (secondary N) is 1. The van der Waals surface area contributed by atoms with Crippen molar-refractivity contribution in [1.82, 2.24) is 9.97 Å². The van der Waals surface area contributed by atoms with Gasteiger partial charge in [-0.25, -0.2) is 9.37 Å². The monoisotopic (exact) mass is 338 g/mol. The van der Waals surface area contributed by atoms with Crippen molar-refractivity contribution in [3.8, 4) is 11.4 Å². The molecule has 1 aromatic heterocycles. The summed E-state index contributed by atoms with van der Waals surface area (Å²) in [7, 11) is 0. The predicted molar refractivity (Wildman–Crippen MR) is 78.9 cm³/mol. The van der Waals surface area contributed by atoms with Gasteiger partial charge in [-0.3, -0.25) is 0 Å². The van der Waals surface area contributed by atoms with E-state index in [4.69, 9.17) is 11.6 Å². The van der Waals surface area contributed by atoms with Crippen molar-refractivity contribution in [2.75, 3.05) is 0 Å².